The molecule has 2 rings (SSSR count). The number of amides is 1. The largest absolute Gasteiger partial charge is 0.326 e. The van der Waals surface area contributed by atoms with Crippen LogP contribution in [0.5, 0.6) is 0 Å². The van der Waals surface area contributed by atoms with Gasteiger partial charge in [-0.1, -0.05) is 45.0 Å². The minimum Gasteiger partial charge on any atom is -0.326 e. The van der Waals surface area contributed by atoms with E-state index in [9.17, 15) is 13.2 Å². The fourth-order valence-electron chi connectivity index (χ4n) is 2.88. The van der Waals surface area contributed by atoms with Gasteiger partial charge in [0.05, 0.1) is 23.6 Å². The Morgan fingerprint density at radius 1 is 1.14 bits per heavy atom. The van der Waals surface area contributed by atoms with Gasteiger partial charge in [0.25, 0.3) is 0 Å². The van der Waals surface area contributed by atoms with Gasteiger partial charge in [0.2, 0.25) is 15.9 Å². The number of para-hydroxylation sites is 1. The first-order chi connectivity index (χ1) is 13.0. The molecular weight excluding hydrogens is 374 g/mol. The number of sulfonamides is 1. The van der Waals surface area contributed by atoms with Crippen molar-refractivity contribution in [1.29, 1.82) is 5.26 Å². The Labute approximate surface area is 166 Å². The van der Waals surface area contributed by atoms with Crippen molar-refractivity contribution in [1.82, 2.24) is 0 Å². The van der Waals surface area contributed by atoms with E-state index in [1.54, 1.807) is 36.4 Å². The van der Waals surface area contributed by atoms with Crippen LogP contribution in [0, 0.1) is 11.3 Å². The number of nitrogens with zero attached hydrogens (tertiary/aromatic N) is 2. The zero-order valence-electron chi connectivity index (χ0n) is 16.6. The Kier molecular flexibility index (Phi) is 6.47. The van der Waals surface area contributed by atoms with Gasteiger partial charge in [0.1, 0.15) is 0 Å². The number of rotatable bonds is 6. The average Bonchev–Trinajstić information content (AvgIpc) is 2.60. The van der Waals surface area contributed by atoms with E-state index in [1.165, 1.54) is 4.31 Å². The third kappa shape index (κ3) is 5.57. The number of benzene rings is 2. The van der Waals surface area contributed by atoms with Gasteiger partial charge in [-0.25, -0.2) is 8.42 Å². The van der Waals surface area contributed by atoms with Crippen LogP contribution in [-0.2, 0) is 20.2 Å². The summed E-state index contributed by atoms with van der Waals surface area (Å²) in [5, 5.41) is 11.7. The van der Waals surface area contributed by atoms with E-state index in [1.807, 2.05) is 39.0 Å². The maximum atomic E-state index is 12.4. The lowest BCUT2D eigenvalue weighted by atomic mass is 9.86. The second-order valence-electron chi connectivity index (χ2n) is 7.59. The Hall–Kier alpha value is -2.85. The van der Waals surface area contributed by atoms with Crippen LogP contribution in [0.1, 0.15) is 38.3 Å². The van der Waals surface area contributed by atoms with Gasteiger partial charge < -0.3 is 5.32 Å². The first-order valence-corrected chi connectivity index (χ1v) is 10.7. The molecule has 0 aliphatic rings. The second-order valence-corrected chi connectivity index (χ2v) is 9.50. The van der Waals surface area contributed by atoms with E-state index in [2.05, 4.69) is 5.32 Å². The minimum absolute atomic E-state index is 0.0116. The summed E-state index contributed by atoms with van der Waals surface area (Å²) in [6.45, 7) is 6.07. The van der Waals surface area contributed by atoms with Crippen LogP contribution >= 0.6 is 0 Å². The number of nitriles is 1. The molecule has 0 heterocycles. The van der Waals surface area contributed by atoms with Crippen LogP contribution in [0.4, 0.5) is 11.4 Å². The van der Waals surface area contributed by atoms with Crippen LogP contribution in [0.3, 0.4) is 0 Å². The monoisotopic (exact) mass is 399 g/mol. The van der Waals surface area contributed by atoms with E-state index in [0.29, 0.717) is 16.9 Å². The van der Waals surface area contributed by atoms with E-state index in [4.69, 9.17) is 5.26 Å². The van der Waals surface area contributed by atoms with Crippen molar-refractivity contribution in [2.45, 2.75) is 32.6 Å². The summed E-state index contributed by atoms with van der Waals surface area (Å²) >= 11 is 0. The molecule has 0 saturated heterocycles. The standard InChI is InChI=1S/C21H25N3O3S/c1-21(2,3)18-10-5-6-11-19(18)24(28(4,26)27)13-12-20(25)23-17-9-7-8-16(14-17)15-22/h5-11,14H,12-13H2,1-4H3,(H,23,25). The fourth-order valence-corrected chi connectivity index (χ4v) is 3.82. The van der Waals surface area contributed by atoms with Gasteiger partial charge in [-0.05, 0) is 35.2 Å². The van der Waals surface area contributed by atoms with Crippen LogP contribution in [-0.4, -0.2) is 27.1 Å². The molecule has 2 aromatic carbocycles. The van der Waals surface area contributed by atoms with Gasteiger partial charge in [0, 0.05) is 18.7 Å². The lowest BCUT2D eigenvalue weighted by Crippen LogP contribution is -2.34. The lowest BCUT2D eigenvalue weighted by Gasteiger charge is -2.30. The lowest BCUT2D eigenvalue weighted by molar-refractivity contribution is -0.116. The topological polar surface area (TPSA) is 90.3 Å². The maximum Gasteiger partial charge on any atom is 0.232 e. The van der Waals surface area contributed by atoms with Crippen molar-refractivity contribution >= 4 is 27.3 Å². The highest BCUT2D eigenvalue weighted by molar-refractivity contribution is 7.92. The fraction of sp³-hybridized carbons (Fsp3) is 0.333. The van der Waals surface area contributed by atoms with Gasteiger partial charge in [-0.3, -0.25) is 9.10 Å². The first-order valence-electron chi connectivity index (χ1n) is 8.89. The second kappa shape index (κ2) is 8.44. The Bertz CT molecular complexity index is 1000. The molecule has 0 aromatic heterocycles. The molecule has 0 fully saturated rings. The van der Waals surface area contributed by atoms with E-state index in [0.717, 1.165) is 11.8 Å². The van der Waals surface area contributed by atoms with Gasteiger partial charge >= 0.3 is 0 Å². The molecule has 1 amide bonds. The number of carbonyl (C=O) groups excluding carboxylic acids is 1. The highest BCUT2D eigenvalue weighted by atomic mass is 32.2. The molecule has 0 aliphatic heterocycles. The van der Waals surface area contributed by atoms with E-state index >= 15 is 0 Å². The maximum absolute atomic E-state index is 12.4. The first kappa shape index (κ1) is 21.5. The van der Waals surface area contributed by atoms with Crippen LogP contribution < -0.4 is 9.62 Å². The molecule has 0 aliphatic carbocycles. The zero-order chi connectivity index (χ0) is 20.9. The number of hydrogen-bond donors (Lipinski definition) is 1. The molecule has 0 bridgehead atoms. The van der Waals surface area contributed by atoms with Crippen molar-refractivity contribution in [3.63, 3.8) is 0 Å². The Morgan fingerprint density at radius 2 is 1.82 bits per heavy atom. The summed E-state index contributed by atoms with van der Waals surface area (Å²) in [6, 6.07) is 15.9. The normalized spacial score (nSPS) is 11.5. The zero-order valence-corrected chi connectivity index (χ0v) is 17.4. The summed E-state index contributed by atoms with van der Waals surface area (Å²) in [6.07, 6.45) is 1.13. The molecule has 148 valence electrons. The molecule has 0 unspecified atom stereocenters. The molecule has 6 nitrogen and oxygen atoms in total. The van der Waals surface area contributed by atoms with Crippen molar-refractivity contribution in [3.05, 3.63) is 59.7 Å². The average molecular weight is 400 g/mol. The third-order valence-corrected chi connectivity index (χ3v) is 5.38. The molecule has 0 saturated carbocycles. The van der Waals surface area contributed by atoms with Crippen molar-refractivity contribution < 1.29 is 13.2 Å². The summed E-state index contributed by atoms with van der Waals surface area (Å²) in [5.41, 5.74) is 2.17. The van der Waals surface area contributed by atoms with Crippen molar-refractivity contribution in [3.8, 4) is 6.07 Å². The highest BCUT2D eigenvalue weighted by Gasteiger charge is 2.26. The van der Waals surface area contributed by atoms with Gasteiger partial charge in [-0.15, -0.1) is 0 Å². The molecule has 2 aromatic rings. The molecule has 1 N–H and O–H groups in total. The van der Waals surface area contributed by atoms with E-state index < -0.39 is 10.0 Å². The number of nitrogens with one attached hydrogen (secondary N) is 1. The highest BCUT2D eigenvalue weighted by Crippen LogP contribution is 2.33. The quantitative estimate of drug-likeness (QED) is 0.803. The van der Waals surface area contributed by atoms with Crippen LogP contribution in [0.15, 0.2) is 48.5 Å². The Balaban J connectivity index is 2.21. The molecule has 7 heteroatoms. The smallest absolute Gasteiger partial charge is 0.232 e. The molecule has 28 heavy (non-hydrogen) atoms. The molecular formula is C21H25N3O3S. The number of hydrogen-bond acceptors (Lipinski definition) is 4. The van der Waals surface area contributed by atoms with Gasteiger partial charge in [0.15, 0.2) is 0 Å². The summed E-state index contributed by atoms with van der Waals surface area (Å²) < 4.78 is 26.1. The molecule has 0 spiro atoms. The van der Waals surface area contributed by atoms with Crippen molar-refractivity contribution in [2.75, 3.05) is 22.4 Å². The summed E-state index contributed by atoms with van der Waals surface area (Å²) in [5.74, 6) is -0.322. The van der Waals surface area contributed by atoms with Crippen LogP contribution in [0.25, 0.3) is 0 Å². The molecule has 0 atom stereocenters. The SMILES string of the molecule is CC(C)(C)c1ccccc1N(CCC(=O)Nc1cccc(C#N)c1)S(C)(=O)=O. The summed E-state index contributed by atoms with van der Waals surface area (Å²) in [7, 11) is -3.57. The third-order valence-electron chi connectivity index (χ3n) is 4.20. The van der Waals surface area contributed by atoms with Crippen LogP contribution in [0.2, 0.25) is 0 Å². The molecule has 0 radical (unpaired) electrons. The van der Waals surface area contributed by atoms with E-state index in [-0.39, 0.29) is 24.3 Å². The number of carbonyl (C=O) groups is 1. The predicted molar refractivity (Wildman–Crippen MR) is 112 cm³/mol. The van der Waals surface area contributed by atoms with Crippen molar-refractivity contribution in [2.24, 2.45) is 0 Å². The minimum atomic E-state index is -3.57. The summed E-state index contributed by atoms with van der Waals surface area (Å²) in [4.78, 5) is 12.3. The van der Waals surface area contributed by atoms with Gasteiger partial charge in [-0.2, -0.15) is 5.26 Å². The Morgan fingerprint density at radius 3 is 2.43 bits per heavy atom. The number of anilines is 2. The predicted octanol–water partition coefficient (Wildman–Crippen LogP) is 3.65.